The maximum absolute atomic E-state index is 12.5. The quantitative estimate of drug-likeness (QED) is 0.819. The number of hydrogen-bond donors (Lipinski definition) is 0. The monoisotopic (exact) mass is 364 g/mol. The molecule has 0 unspecified atom stereocenters. The van der Waals surface area contributed by atoms with Crippen LogP contribution >= 0.6 is 0 Å². The molecule has 1 atom stereocenters. The van der Waals surface area contributed by atoms with Gasteiger partial charge in [0.1, 0.15) is 0 Å². The molecule has 5 nitrogen and oxygen atoms in total. The van der Waals surface area contributed by atoms with E-state index in [1.54, 1.807) is 0 Å². The van der Waals surface area contributed by atoms with E-state index >= 15 is 0 Å². The van der Waals surface area contributed by atoms with Crippen molar-refractivity contribution in [2.75, 3.05) is 26.2 Å². The van der Waals surface area contributed by atoms with Crippen LogP contribution in [0, 0.1) is 5.41 Å². The minimum absolute atomic E-state index is 0.253. The van der Waals surface area contributed by atoms with Gasteiger partial charge in [-0.1, -0.05) is 6.07 Å². The van der Waals surface area contributed by atoms with E-state index in [-0.39, 0.29) is 5.41 Å². The zero-order valence-corrected chi connectivity index (χ0v) is 15.9. The molecule has 2 aliphatic rings. The molecule has 0 radical (unpaired) electrons. The Morgan fingerprint density at radius 1 is 1.04 bits per heavy atom. The molecule has 5 heteroatoms. The fraction of sp³-hybridized carbons (Fsp3) is 0.500. The Bertz CT molecular complexity index is 751. The van der Waals surface area contributed by atoms with Gasteiger partial charge < -0.3 is 4.90 Å². The second kappa shape index (κ2) is 8.17. The van der Waals surface area contributed by atoms with Gasteiger partial charge in [-0.05, 0) is 55.6 Å². The average Bonchev–Trinajstić information content (AvgIpc) is 2.71. The molecule has 2 fully saturated rings. The van der Waals surface area contributed by atoms with E-state index in [9.17, 15) is 4.79 Å². The summed E-state index contributed by atoms with van der Waals surface area (Å²) in [4.78, 5) is 25.7. The van der Waals surface area contributed by atoms with Gasteiger partial charge in [0.2, 0.25) is 5.91 Å². The zero-order valence-electron chi connectivity index (χ0n) is 15.9. The number of carbonyl (C=O) groups is 1. The first kappa shape index (κ1) is 18.1. The largest absolute Gasteiger partial charge is 0.342 e. The second-order valence-electron chi connectivity index (χ2n) is 8.06. The third-order valence-corrected chi connectivity index (χ3v) is 6.01. The summed E-state index contributed by atoms with van der Waals surface area (Å²) in [6.07, 6.45) is 10.6. The number of likely N-dealkylation sites (tertiary alicyclic amines) is 2. The third kappa shape index (κ3) is 4.53. The first-order valence-corrected chi connectivity index (χ1v) is 10.0. The van der Waals surface area contributed by atoms with Crippen molar-refractivity contribution in [3.05, 3.63) is 60.2 Å². The number of carbonyl (C=O) groups excluding carboxylic acids is 1. The summed E-state index contributed by atoms with van der Waals surface area (Å²) >= 11 is 0. The number of amides is 1. The topological polar surface area (TPSA) is 49.3 Å². The lowest BCUT2D eigenvalue weighted by molar-refractivity contribution is -0.139. The van der Waals surface area contributed by atoms with Gasteiger partial charge in [0.15, 0.2) is 0 Å². The molecular weight excluding hydrogens is 336 g/mol. The van der Waals surface area contributed by atoms with E-state index in [4.69, 9.17) is 0 Å². The Labute approximate surface area is 161 Å². The Hall–Kier alpha value is -2.27. The maximum Gasteiger partial charge on any atom is 0.222 e. The second-order valence-corrected chi connectivity index (χ2v) is 8.06. The van der Waals surface area contributed by atoms with Gasteiger partial charge in [-0.3, -0.25) is 19.7 Å². The standard InChI is InChI=1S/C22H28N4O/c27-21-5-10-22(18-26(21)15-8-20-4-1-2-11-24-20)9-3-14-25(17-22)16-19-6-12-23-13-7-19/h1-2,4,6-7,11-13H,3,5,8-10,14-18H2/t22-/m0/s1. The number of nitrogens with zero attached hydrogens (tertiary/aromatic N) is 4. The molecule has 2 aliphatic heterocycles. The van der Waals surface area contributed by atoms with Gasteiger partial charge >= 0.3 is 0 Å². The summed E-state index contributed by atoms with van der Waals surface area (Å²) in [5.74, 6) is 0.308. The van der Waals surface area contributed by atoms with E-state index in [0.29, 0.717) is 12.3 Å². The molecule has 142 valence electrons. The molecule has 27 heavy (non-hydrogen) atoms. The summed E-state index contributed by atoms with van der Waals surface area (Å²) < 4.78 is 0. The van der Waals surface area contributed by atoms with Gasteiger partial charge in [-0.25, -0.2) is 0 Å². The molecule has 0 N–H and O–H groups in total. The first-order valence-electron chi connectivity index (χ1n) is 10.0. The average molecular weight is 364 g/mol. The highest BCUT2D eigenvalue weighted by atomic mass is 16.2. The van der Waals surface area contributed by atoms with Crippen LogP contribution < -0.4 is 0 Å². The minimum atomic E-state index is 0.253. The van der Waals surface area contributed by atoms with Crippen LogP contribution in [-0.2, 0) is 17.8 Å². The first-order chi connectivity index (χ1) is 13.2. The molecule has 2 aromatic rings. The van der Waals surface area contributed by atoms with Gasteiger partial charge in [-0.2, -0.15) is 0 Å². The summed E-state index contributed by atoms with van der Waals surface area (Å²) in [5.41, 5.74) is 2.64. The van der Waals surface area contributed by atoms with Crippen LogP contribution in [0.5, 0.6) is 0 Å². The van der Waals surface area contributed by atoms with Gasteiger partial charge in [0, 0.05) is 68.7 Å². The van der Waals surface area contributed by atoms with Crippen molar-refractivity contribution in [2.24, 2.45) is 5.41 Å². The maximum atomic E-state index is 12.5. The van der Waals surface area contributed by atoms with Gasteiger partial charge in [0.25, 0.3) is 0 Å². The fourth-order valence-electron chi connectivity index (χ4n) is 4.63. The van der Waals surface area contributed by atoms with E-state index in [0.717, 1.165) is 51.3 Å². The van der Waals surface area contributed by atoms with E-state index < -0.39 is 0 Å². The van der Waals surface area contributed by atoms with Crippen LogP contribution in [-0.4, -0.2) is 51.9 Å². The van der Waals surface area contributed by atoms with Crippen molar-refractivity contribution >= 4 is 5.91 Å². The van der Waals surface area contributed by atoms with Gasteiger partial charge in [0.05, 0.1) is 0 Å². The van der Waals surface area contributed by atoms with Crippen LogP contribution in [0.3, 0.4) is 0 Å². The number of hydrogen-bond acceptors (Lipinski definition) is 4. The summed E-state index contributed by atoms with van der Waals surface area (Å²) in [6, 6.07) is 10.2. The molecule has 2 aromatic heterocycles. The molecule has 4 rings (SSSR count). The van der Waals surface area contributed by atoms with E-state index in [2.05, 4.69) is 31.9 Å². The smallest absolute Gasteiger partial charge is 0.222 e. The molecule has 0 saturated carbocycles. The lowest BCUT2D eigenvalue weighted by Gasteiger charge is -2.48. The number of aromatic nitrogens is 2. The molecule has 0 aliphatic carbocycles. The van der Waals surface area contributed by atoms with Crippen molar-refractivity contribution in [1.29, 1.82) is 0 Å². The fourth-order valence-corrected chi connectivity index (χ4v) is 4.63. The van der Waals surface area contributed by atoms with Crippen molar-refractivity contribution in [3.8, 4) is 0 Å². The molecule has 4 heterocycles. The number of piperidine rings is 2. The van der Waals surface area contributed by atoms with Crippen LogP contribution in [0.15, 0.2) is 48.9 Å². The number of rotatable bonds is 5. The Kier molecular flexibility index (Phi) is 5.48. The van der Waals surface area contributed by atoms with Crippen LogP contribution in [0.25, 0.3) is 0 Å². The zero-order chi connectivity index (χ0) is 18.5. The Morgan fingerprint density at radius 3 is 2.74 bits per heavy atom. The summed E-state index contributed by atoms with van der Waals surface area (Å²) in [7, 11) is 0. The minimum Gasteiger partial charge on any atom is -0.342 e. The predicted octanol–water partition coefficient (Wildman–Crippen LogP) is 2.92. The molecular formula is C22H28N4O. The van der Waals surface area contributed by atoms with Crippen LogP contribution in [0.2, 0.25) is 0 Å². The van der Waals surface area contributed by atoms with E-state index in [1.165, 1.54) is 18.4 Å². The SMILES string of the molecule is O=C1CC[C@]2(CCCN(Cc3ccncc3)C2)CN1CCc1ccccn1. The van der Waals surface area contributed by atoms with Crippen molar-refractivity contribution in [2.45, 2.75) is 38.6 Å². The van der Waals surface area contributed by atoms with Crippen molar-refractivity contribution < 1.29 is 4.79 Å². The van der Waals surface area contributed by atoms with Crippen LogP contribution in [0.1, 0.15) is 36.9 Å². The number of pyridine rings is 2. The lowest BCUT2D eigenvalue weighted by atomic mass is 9.73. The summed E-state index contributed by atoms with van der Waals surface area (Å²) in [5, 5.41) is 0. The summed E-state index contributed by atoms with van der Waals surface area (Å²) in [6.45, 7) is 4.88. The van der Waals surface area contributed by atoms with Crippen molar-refractivity contribution in [3.63, 3.8) is 0 Å². The van der Waals surface area contributed by atoms with Gasteiger partial charge in [-0.15, -0.1) is 0 Å². The molecule has 2 saturated heterocycles. The van der Waals surface area contributed by atoms with Crippen molar-refractivity contribution in [1.82, 2.24) is 19.8 Å². The third-order valence-electron chi connectivity index (χ3n) is 6.01. The molecule has 1 spiro atoms. The predicted molar refractivity (Wildman–Crippen MR) is 105 cm³/mol. The van der Waals surface area contributed by atoms with Crippen LogP contribution in [0.4, 0.5) is 0 Å². The lowest BCUT2D eigenvalue weighted by Crippen LogP contribution is -2.54. The Morgan fingerprint density at radius 2 is 1.93 bits per heavy atom. The highest BCUT2D eigenvalue weighted by Crippen LogP contribution is 2.39. The Balaban J connectivity index is 1.38. The molecule has 0 bridgehead atoms. The normalized spacial score (nSPS) is 23.7. The van der Waals surface area contributed by atoms with E-state index in [1.807, 2.05) is 36.8 Å². The highest BCUT2D eigenvalue weighted by Gasteiger charge is 2.41. The molecule has 1 amide bonds. The molecule has 0 aromatic carbocycles. The highest BCUT2D eigenvalue weighted by molar-refractivity contribution is 5.77.